The summed E-state index contributed by atoms with van der Waals surface area (Å²) in [5, 5.41) is 10.0. The van der Waals surface area contributed by atoms with Gasteiger partial charge in [-0.2, -0.15) is 0 Å². The Morgan fingerprint density at radius 1 is 1.50 bits per heavy atom. The van der Waals surface area contributed by atoms with Crippen LogP contribution in [0.1, 0.15) is 49.2 Å². The molecule has 1 aromatic heterocycles. The summed E-state index contributed by atoms with van der Waals surface area (Å²) < 4.78 is 5.30. The van der Waals surface area contributed by atoms with E-state index in [1.807, 2.05) is 18.7 Å². The minimum atomic E-state index is -0.640. The predicted molar refractivity (Wildman–Crippen MR) is 68.5 cm³/mol. The number of furan rings is 1. The third-order valence-corrected chi connectivity index (χ3v) is 3.65. The normalized spacial score (nSPS) is 24.9. The maximum absolute atomic E-state index is 12.4. The zero-order chi connectivity index (χ0) is 13.2. The Balaban J connectivity index is 2.10. The highest BCUT2D eigenvalue weighted by Gasteiger charge is 2.28. The molecule has 0 aliphatic carbocycles. The highest BCUT2D eigenvalue weighted by molar-refractivity contribution is 5.95. The van der Waals surface area contributed by atoms with Gasteiger partial charge in [0.15, 0.2) is 0 Å². The topological polar surface area (TPSA) is 53.7 Å². The third kappa shape index (κ3) is 2.75. The van der Waals surface area contributed by atoms with Crippen LogP contribution in [0.15, 0.2) is 16.7 Å². The second kappa shape index (κ2) is 5.14. The van der Waals surface area contributed by atoms with Crippen molar-refractivity contribution in [2.45, 2.75) is 45.1 Å². The average molecular weight is 251 g/mol. The summed E-state index contributed by atoms with van der Waals surface area (Å²) in [5.41, 5.74) is 0.0259. The predicted octanol–water partition coefficient (Wildman–Crippen LogP) is 2.22. The highest BCUT2D eigenvalue weighted by atomic mass is 16.3. The van der Waals surface area contributed by atoms with Gasteiger partial charge in [0.25, 0.3) is 5.91 Å². The van der Waals surface area contributed by atoms with Gasteiger partial charge in [-0.3, -0.25) is 4.79 Å². The van der Waals surface area contributed by atoms with Gasteiger partial charge >= 0.3 is 0 Å². The maximum atomic E-state index is 12.4. The van der Waals surface area contributed by atoms with E-state index in [2.05, 4.69) is 0 Å². The Hall–Kier alpha value is -1.29. The van der Waals surface area contributed by atoms with E-state index in [0.29, 0.717) is 25.1 Å². The number of hydrogen-bond donors (Lipinski definition) is 1. The molecule has 1 aliphatic heterocycles. The molecule has 1 fully saturated rings. The van der Waals surface area contributed by atoms with Gasteiger partial charge in [0.05, 0.1) is 17.4 Å². The molecule has 1 N–H and O–H groups in total. The van der Waals surface area contributed by atoms with Gasteiger partial charge in [-0.05, 0) is 32.3 Å². The minimum Gasteiger partial charge on any atom is -0.469 e. The van der Waals surface area contributed by atoms with E-state index in [-0.39, 0.29) is 5.91 Å². The molecule has 1 saturated heterocycles. The summed E-state index contributed by atoms with van der Waals surface area (Å²) in [6.45, 7) is 5.14. The quantitative estimate of drug-likeness (QED) is 0.876. The fourth-order valence-corrected chi connectivity index (χ4v) is 2.44. The Kier molecular flexibility index (Phi) is 3.76. The molecule has 0 saturated carbocycles. The van der Waals surface area contributed by atoms with Gasteiger partial charge in [0.1, 0.15) is 5.76 Å². The second-order valence-corrected chi connectivity index (χ2v) is 5.25. The molecule has 0 spiro atoms. The number of nitrogens with zero attached hydrogens (tertiary/aromatic N) is 1. The SMILES string of the molecule is CCc1occc1C(=O)N1CCCC(C)(O)CC1. The van der Waals surface area contributed by atoms with E-state index in [4.69, 9.17) is 4.42 Å². The summed E-state index contributed by atoms with van der Waals surface area (Å²) in [6, 6.07) is 1.74. The molecule has 100 valence electrons. The van der Waals surface area contributed by atoms with Crippen molar-refractivity contribution in [1.82, 2.24) is 4.90 Å². The third-order valence-electron chi connectivity index (χ3n) is 3.65. The lowest BCUT2D eigenvalue weighted by Crippen LogP contribution is -2.33. The summed E-state index contributed by atoms with van der Waals surface area (Å²) >= 11 is 0. The Labute approximate surface area is 108 Å². The fraction of sp³-hybridized carbons (Fsp3) is 0.643. The highest BCUT2D eigenvalue weighted by Crippen LogP contribution is 2.23. The smallest absolute Gasteiger partial charge is 0.257 e. The molecule has 0 aromatic carbocycles. The minimum absolute atomic E-state index is 0.0262. The molecule has 1 atom stereocenters. The first-order valence-corrected chi connectivity index (χ1v) is 6.61. The van der Waals surface area contributed by atoms with Crippen LogP contribution >= 0.6 is 0 Å². The standard InChI is InChI=1S/C14H21NO3/c1-3-12-11(5-10-18-12)13(16)15-8-4-6-14(2,17)7-9-15/h5,10,17H,3-4,6-9H2,1-2H3. The second-order valence-electron chi connectivity index (χ2n) is 5.25. The largest absolute Gasteiger partial charge is 0.469 e. The van der Waals surface area contributed by atoms with Crippen LogP contribution in [0.3, 0.4) is 0 Å². The average Bonchev–Trinajstić information content (AvgIpc) is 2.73. The van der Waals surface area contributed by atoms with Gasteiger partial charge in [0.2, 0.25) is 0 Å². The van der Waals surface area contributed by atoms with Crippen LogP contribution in [-0.4, -0.2) is 34.6 Å². The molecule has 0 bridgehead atoms. The molecule has 2 rings (SSSR count). The van der Waals surface area contributed by atoms with E-state index < -0.39 is 5.60 Å². The van der Waals surface area contributed by atoms with Crippen LogP contribution in [0.2, 0.25) is 0 Å². The molecule has 1 aromatic rings. The van der Waals surface area contributed by atoms with Gasteiger partial charge in [-0.25, -0.2) is 0 Å². The molecular formula is C14H21NO3. The van der Waals surface area contributed by atoms with E-state index in [1.165, 1.54) is 0 Å². The number of hydrogen-bond acceptors (Lipinski definition) is 3. The van der Waals surface area contributed by atoms with Gasteiger partial charge < -0.3 is 14.4 Å². The van der Waals surface area contributed by atoms with Gasteiger partial charge in [-0.1, -0.05) is 6.92 Å². The first-order chi connectivity index (χ1) is 8.53. The molecular weight excluding hydrogens is 230 g/mol. The van der Waals surface area contributed by atoms with Crippen molar-refractivity contribution in [1.29, 1.82) is 0 Å². The number of carbonyl (C=O) groups excluding carboxylic acids is 1. The van der Waals surface area contributed by atoms with E-state index in [1.54, 1.807) is 12.3 Å². The first kappa shape index (κ1) is 13.1. The van der Waals surface area contributed by atoms with Crippen LogP contribution < -0.4 is 0 Å². The number of rotatable bonds is 2. The van der Waals surface area contributed by atoms with Crippen molar-refractivity contribution in [3.8, 4) is 0 Å². The molecule has 4 heteroatoms. The number of aryl methyl sites for hydroxylation is 1. The molecule has 4 nitrogen and oxygen atoms in total. The number of likely N-dealkylation sites (tertiary alicyclic amines) is 1. The summed E-state index contributed by atoms with van der Waals surface area (Å²) in [7, 11) is 0. The number of carbonyl (C=O) groups is 1. The van der Waals surface area contributed by atoms with Crippen molar-refractivity contribution >= 4 is 5.91 Å². The van der Waals surface area contributed by atoms with Crippen molar-refractivity contribution in [2.24, 2.45) is 0 Å². The zero-order valence-electron chi connectivity index (χ0n) is 11.1. The van der Waals surface area contributed by atoms with E-state index >= 15 is 0 Å². The van der Waals surface area contributed by atoms with E-state index in [0.717, 1.165) is 25.0 Å². The summed E-state index contributed by atoms with van der Waals surface area (Å²) in [4.78, 5) is 14.2. The van der Waals surface area contributed by atoms with Crippen LogP contribution in [0.5, 0.6) is 0 Å². The maximum Gasteiger partial charge on any atom is 0.257 e. The lowest BCUT2D eigenvalue weighted by Gasteiger charge is -2.22. The molecule has 0 radical (unpaired) electrons. The number of aliphatic hydroxyl groups is 1. The van der Waals surface area contributed by atoms with E-state index in [9.17, 15) is 9.90 Å². The van der Waals surface area contributed by atoms with Gasteiger partial charge in [-0.15, -0.1) is 0 Å². The molecule has 1 aliphatic rings. The van der Waals surface area contributed by atoms with Gasteiger partial charge in [0, 0.05) is 19.5 Å². The molecule has 1 amide bonds. The molecule has 1 unspecified atom stereocenters. The molecule has 2 heterocycles. The Bertz CT molecular complexity index is 422. The summed E-state index contributed by atoms with van der Waals surface area (Å²) in [6.07, 6.45) is 4.53. The Morgan fingerprint density at radius 3 is 3.00 bits per heavy atom. The molecule has 18 heavy (non-hydrogen) atoms. The Morgan fingerprint density at radius 2 is 2.28 bits per heavy atom. The fourth-order valence-electron chi connectivity index (χ4n) is 2.44. The first-order valence-electron chi connectivity index (χ1n) is 6.61. The number of amides is 1. The monoisotopic (exact) mass is 251 g/mol. The summed E-state index contributed by atoms with van der Waals surface area (Å²) in [5.74, 6) is 0.773. The van der Waals surface area contributed by atoms with Crippen LogP contribution in [0, 0.1) is 0 Å². The lowest BCUT2D eigenvalue weighted by atomic mass is 9.98. The van der Waals surface area contributed by atoms with Crippen LogP contribution in [0.4, 0.5) is 0 Å². The lowest BCUT2D eigenvalue weighted by molar-refractivity contribution is 0.0437. The van der Waals surface area contributed by atoms with Crippen molar-refractivity contribution < 1.29 is 14.3 Å². The zero-order valence-corrected chi connectivity index (χ0v) is 11.1. The van der Waals surface area contributed by atoms with Crippen LogP contribution in [0.25, 0.3) is 0 Å². The van der Waals surface area contributed by atoms with Crippen LogP contribution in [-0.2, 0) is 6.42 Å². The van der Waals surface area contributed by atoms with Crippen molar-refractivity contribution in [2.75, 3.05) is 13.1 Å². The van der Waals surface area contributed by atoms with Crippen molar-refractivity contribution in [3.63, 3.8) is 0 Å². The van der Waals surface area contributed by atoms with Crippen molar-refractivity contribution in [3.05, 3.63) is 23.7 Å².